The molecule has 2 amide bonds. The van der Waals surface area contributed by atoms with Crippen LogP contribution < -0.4 is 5.32 Å². The summed E-state index contributed by atoms with van der Waals surface area (Å²) in [5.74, 6) is -0.0577. The molecule has 1 aliphatic rings. The molecule has 1 atom stereocenters. The fourth-order valence-corrected chi connectivity index (χ4v) is 5.49. The molecule has 0 fully saturated rings. The van der Waals surface area contributed by atoms with Gasteiger partial charge in [-0.15, -0.1) is 0 Å². The summed E-state index contributed by atoms with van der Waals surface area (Å²) in [6.07, 6.45) is 4.53. The minimum atomic E-state index is -0.546. The standard InChI is InChI=1S/C32H38N6O3/c1-19-13-23(14-24-18-38(10-8-25(19)24)11-9-29(40)33-15-21(3)39)28-17-35-31-30(36-28)27(16-34-31)22-6-7-26(20(2)12-22)32(41)37(4)5/h6-7,12-14,16-17,21,39H,8-11,15,18H2,1-5H3,(H,33,40)(H,34,35)/t21-/m0/s1. The van der Waals surface area contributed by atoms with Crippen molar-refractivity contribution in [2.75, 3.05) is 33.7 Å². The van der Waals surface area contributed by atoms with Crippen molar-refractivity contribution >= 4 is 23.0 Å². The zero-order valence-corrected chi connectivity index (χ0v) is 24.4. The molecule has 1 aliphatic heterocycles. The maximum Gasteiger partial charge on any atom is 0.253 e. The summed E-state index contributed by atoms with van der Waals surface area (Å²) >= 11 is 0. The second-order valence-corrected chi connectivity index (χ2v) is 11.2. The molecular formula is C32H38N6O3. The van der Waals surface area contributed by atoms with Crippen molar-refractivity contribution in [3.63, 3.8) is 0 Å². The molecule has 0 spiro atoms. The number of amides is 2. The number of aliphatic hydroxyl groups is 1. The smallest absolute Gasteiger partial charge is 0.253 e. The highest BCUT2D eigenvalue weighted by Crippen LogP contribution is 2.32. The molecule has 0 saturated carbocycles. The van der Waals surface area contributed by atoms with Gasteiger partial charge < -0.3 is 20.3 Å². The Hall–Kier alpha value is -4.08. The van der Waals surface area contributed by atoms with E-state index in [0.29, 0.717) is 24.2 Å². The summed E-state index contributed by atoms with van der Waals surface area (Å²) in [5, 5.41) is 12.2. The average molecular weight is 555 g/mol. The van der Waals surface area contributed by atoms with E-state index in [9.17, 15) is 14.7 Å². The van der Waals surface area contributed by atoms with Gasteiger partial charge in [-0.25, -0.2) is 9.97 Å². The van der Waals surface area contributed by atoms with Gasteiger partial charge in [0.15, 0.2) is 5.65 Å². The molecule has 41 heavy (non-hydrogen) atoms. The monoisotopic (exact) mass is 554 g/mol. The van der Waals surface area contributed by atoms with Crippen molar-refractivity contribution in [3.8, 4) is 22.4 Å². The predicted octanol–water partition coefficient (Wildman–Crippen LogP) is 3.86. The van der Waals surface area contributed by atoms with E-state index in [2.05, 4.69) is 39.2 Å². The number of hydrogen-bond donors (Lipinski definition) is 3. The summed E-state index contributed by atoms with van der Waals surface area (Å²) in [4.78, 5) is 41.5. The van der Waals surface area contributed by atoms with Gasteiger partial charge in [0.2, 0.25) is 5.91 Å². The lowest BCUT2D eigenvalue weighted by Gasteiger charge is -2.30. The van der Waals surface area contributed by atoms with Crippen LogP contribution in [-0.2, 0) is 17.8 Å². The third kappa shape index (κ3) is 6.16. The first-order valence-corrected chi connectivity index (χ1v) is 14.1. The number of fused-ring (bicyclic) bond motifs is 2. The van der Waals surface area contributed by atoms with Gasteiger partial charge in [0.05, 0.1) is 18.0 Å². The van der Waals surface area contributed by atoms with Crippen molar-refractivity contribution in [1.29, 1.82) is 0 Å². The molecule has 4 aromatic rings. The van der Waals surface area contributed by atoms with Crippen LogP contribution in [0.3, 0.4) is 0 Å². The van der Waals surface area contributed by atoms with E-state index < -0.39 is 6.10 Å². The Morgan fingerprint density at radius 3 is 2.66 bits per heavy atom. The van der Waals surface area contributed by atoms with Crippen LogP contribution in [0.2, 0.25) is 0 Å². The first kappa shape index (κ1) is 28.4. The molecule has 0 saturated heterocycles. The molecule has 0 radical (unpaired) electrons. The molecule has 2 aromatic heterocycles. The molecule has 9 nitrogen and oxygen atoms in total. The molecule has 9 heteroatoms. The van der Waals surface area contributed by atoms with Gasteiger partial charge in [-0.3, -0.25) is 14.5 Å². The average Bonchev–Trinajstić information content (AvgIpc) is 3.37. The fraction of sp³-hybridized carbons (Fsp3) is 0.375. The maximum absolute atomic E-state index is 12.5. The van der Waals surface area contributed by atoms with Gasteiger partial charge in [-0.2, -0.15) is 0 Å². The van der Waals surface area contributed by atoms with Gasteiger partial charge in [0.25, 0.3) is 5.91 Å². The van der Waals surface area contributed by atoms with Crippen LogP contribution >= 0.6 is 0 Å². The van der Waals surface area contributed by atoms with Gasteiger partial charge in [0, 0.05) is 69.6 Å². The van der Waals surface area contributed by atoms with Gasteiger partial charge >= 0.3 is 0 Å². The van der Waals surface area contributed by atoms with Crippen molar-refractivity contribution < 1.29 is 14.7 Å². The molecular weight excluding hydrogens is 516 g/mol. The minimum Gasteiger partial charge on any atom is -0.392 e. The number of nitrogens with zero attached hydrogens (tertiary/aromatic N) is 4. The number of aromatic amines is 1. The van der Waals surface area contributed by atoms with Crippen LogP contribution in [0.15, 0.2) is 42.7 Å². The minimum absolute atomic E-state index is 0.0176. The number of nitrogens with one attached hydrogen (secondary N) is 2. The van der Waals surface area contributed by atoms with Gasteiger partial charge in [-0.05, 0) is 73.2 Å². The van der Waals surface area contributed by atoms with Crippen molar-refractivity contribution in [1.82, 2.24) is 30.1 Å². The Bertz CT molecular complexity index is 1610. The molecule has 0 unspecified atom stereocenters. The SMILES string of the molecule is Cc1cc(-c2c[nH]c3ncc(-c4cc(C)c5c(c4)CN(CCC(=O)NC[C@H](C)O)CC5)nc23)ccc1C(=O)N(C)C. The Morgan fingerprint density at radius 2 is 1.93 bits per heavy atom. The first-order valence-electron chi connectivity index (χ1n) is 14.1. The van der Waals surface area contributed by atoms with Crippen molar-refractivity contribution in [3.05, 3.63) is 70.5 Å². The van der Waals surface area contributed by atoms with E-state index in [4.69, 9.17) is 4.98 Å². The van der Waals surface area contributed by atoms with E-state index in [1.807, 2.05) is 31.3 Å². The molecule has 2 aromatic carbocycles. The van der Waals surface area contributed by atoms with Gasteiger partial charge in [-0.1, -0.05) is 12.1 Å². The van der Waals surface area contributed by atoms with Crippen LogP contribution in [0.25, 0.3) is 33.5 Å². The van der Waals surface area contributed by atoms with E-state index in [0.717, 1.165) is 53.0 Å². The van der Waals surface area contributed by atoms with Crippen molar-refractivity contribution in [2.45, 2.75) is 46.3 Å². The van der Waals surface area contributed by atoms with E-state index in [1.165, 1.54) is 16.7 Å². The fourth-order valence-electron chi connectivity index (χ4n) is 5.49. The Labute approximate surface area is 240 Å². The highest BCUT2D eigenvalue weighted by atomic mass is 16.3. The van der Waals surface area contributed by atoms with Crippen molar-refractivity contribution in [2.24, 2.45) is 0 Å². The van der Waals surface area contributed by atoms with Gasteiger partial charge in [0.1, 0.15) is 5.52 Å². The second kappa shape index (κ2) is 11.8. The molecule has 5 rings (SSSR count). The van der Waals surface area contributed by atoms with Crippen LogP contribution in [0.4, 0.5) is 0 Å². The van der Waals surface area contributed by atoms with E-state index in [-0.39, 0.29) is 18.4 Å². The predicted molar refractivity (Wildman–Crippen MR) is 161 cm³/mol. The number of hydrogen-bond acceptors (Lipinski definition) is 6. The van der Waals surface area contributed by atoms with Crippen LogP contribution in [0, 0.1) is 13.8 Å². The van der Waals surface area contributed by atoms with E-state index >= 15 is 0 Å². The summed E-state index contributed by atoms with van der Waals surface area (Å²) < 4.78 is 0. The normalized spacial score (nSPS) is 14.1. The number of benzene rings is 2. The van der Waals surface area contributed by atoms with Crippen LogP contribution in [0.5, 0.6) is 0 Å². The molecule has 0 aliphatic carbocycles. The summed E-state index contributed by atoms with van der Waals surface area (Å²) in [5.41, 5.74) is 10.7. The van der Waals surface area contributed by atoms with Crippen LogP contribution in [-0.4, -0.2) is 81.5 Å². The number of carbonyl (C=O) groups is 2. The largest absolute Gasteiger partial charge is 0.392 e. The lowest BCUT2D eigenvalue weighted by Crippen LogP contribution is -2.36. The number of aryl methyl sites for hydroxylation is 2. The lowest BCUT2D eigenvalue weighted by molar-refractivity contribution is -0.121. The summed E-state index contributed by atoms with van der Waals surface area (Å²) in [6.45, 7) is 8.39. The number of rotatable bonds is 8. The number of H-pyrrole nitrogens is 1. The van der Waals surface area contributed by atoms with E-state index in [1.54, 1.807) is 32.1 Å². The topological polar surface area (TPSA) is 114 Å². The third-order valence-corrected chi connectivity index (χ3v) is 7.74. The molecule has 3 heterocycles. The zero-order valence-electron chi connectivity index (χ0n) is 24.4. The second-order valence-electron chi connectivity index (χ2n) is 11.2. The zero-order chi connectivity index (χ0) is 29.3. The quantitative estimate of drug-likeness (QED) is 0.305. The highest BCUT2D eigenvalue weighted by Gasteiger charge is 2.21. The first-order chi connectivity index (χ1) is 19.6. The summed E-state index contributed by atoms with van der Waals surface area (Å²) in [7, 11) is 3.51. The number of carbonyl (C=O) groups excluding carboxylic acids is 2. The number of aromatic nitrogens is 3. The lowest BCUT2D eigenvalue weighted by atomic mass is 9.92. The maximum atomic E-state index is 12.5. The number of aliphatic hydroxyl groups excluding tert-OH is 1. The Balaban J connectivity index is 1.39. The Kier molecular flexibility index (Phi) is 8.19. The summed E-state index contributed by atoms with van der Waals surface area (Å²) in [6, 6.07) is 10.2. The molecule has 214 valence electrons. The van der Waals surface area contributed by atoms with Crippen LogP contribution in [0.1, 0.15) is 46.0 Å². The molecule has 3 N–H and O–H groups in total. The highest BCUT2D eigenvalue weighted by molar-refractivity contribution is 5.97. The third-order valence-electron chi connectivity index (χ3n) is 7.74. The Morgan fingerprint density at radius 1 is 1.15 bits per heavy atom. The molecule has 0 bridgehead atoms.